The van der Waals surface area contributed by atoms with Crippen molar-refractivity contribution in [2.45, 2.75) is 6.04 Å². The van der Waals surface area contributed by atoms with Crippen LogP contribution in [0.15, 0.2) is 12.7 Å². The molecule has 1 heterocycles. The van der Waals surface area contributed by atoms with Crippen LogP contribution >= 0.6 is 0 Å². The molecule has 0 aromatic heterocycles. The maximum Gasteiger partial charge on any atom is 0.243 e. The average molecular weight is 152 g/mol. The van der Waals surface area contributed by atoms with Gasteiger partial charge in [0.1, 0.15) is 0 Å². The molecule has 60 valence electrons. The Morgan fingerprint density at radius 3 is 2.73 bits per heavy atom. The van der Waals surface area contributed by atoms with Gasteiger partial charge in [-0.15, -0.1) is 0 Å². The van der Waals surface area contributed by atoms with Crippen molar-refractivity contribution < 1.29 is 4.79 Å². The quantitative estimate of drug-likeness (QED) is 0.524. The van der Waals surface area contributed by atoms with Crippen molar-refractivity contribution in [3.8, 4) is 0 Å². The summed E-state index contributed by atoms with van der Waals surface area (Å²) in [5.41, 5.74) is 0. The minimum absolute atomic E-state index is 0.0376. The van der Waals surface area contributed by atoms with E-state index in [2.05, 4.69) is 17.2 Å². The maximum absolute atomic E-state index is 10.8. The number of carbonyl (C=O) groups excluding carboxylic acids is 1. The van der Waals surface area contributed by atoms with Crippen LogP contribution in [0.3, 0.4) is 0 Å². The Kier molecular flexibility index (Phi) is 1.46. The van der Waals surface area contributed by atoms with E-state index in [1.165, 1.54) is 6.08 Å². The van der Waals surface area contributed by atoms with Crippen LogP contribution in [0.4, 0.5) is 0 Å². The molecule has 0 spiro atoms. The minimum Gasteiger partial charge on any atom is -0.349 e. The van der Waals surface area contributed by atoms with E-state index in [4.69, 9.17) is 0 Å². The summed E-state index contributed by atoms with van der Waals surface area (Å²) in [4.78, 5) is 10.8. The van der Waals surface area contributed by atoms with Crippen LogP contribution in [0.25, 0.3) is 0 Å². The Balaban J connectivity index is 1.83. The fourth-order valence-electron chi connectivity index (χ4n) is 1.86. The average Bonchev–Trinajstić information content (AvgIpc) is 2.52. The number of hydrogen-bond acceptors (Lipinski definition) is 2. The predicted molar refractivity (Wildman–Crippen MR) is 42.0 cm³/mol. The molecule has 2 rings (SSSR count). The highest BCUT2D eigenvalue weighted by molar-refractivity contribution is 5.87. The van der Waals surface area contributed by atoms with E-state index in [-0.39, 0.29) is 5.91 Å². The normalized spacial score (nSPS) is 39.5. The third-order valence-electron chi connectivity index (χ3n) is 2.59. The van der Waals surface area contributed by atoms with E-state index in [0.29, 0.717) is 17.9 Å². The summed E-state index contributed by atoms with van der Waals surface area (Å²) in [6.07, 6.45) is 1.33. The van der Waals surface area contributed by atoms with Crippen molar-refractivity contribution in [2.75, 3.05) is 13.1 Å². The van der Waals surface area contributed by atoms with Gasteiger partial charge in [0, 0.05) is 19.1 Å². The van der Waals surface area contributed by atoms with E-state index in [1.807, 2.05) is 0 Å². The first-order valence-corrected chi connectivity index (χ1v) is 3.96. The highest BCUT2D eigenvalue weighted by Crippen LogP contribution is 2.41. The van der Waals surface area contributed by atoms with Gasteiger partial charge in [-0.3, -0.25) is 4.79 Å². The van der Waals surface area contributed by atoms with Crippen molar-refractivity contribution in [1.82, 2.24) is 10.6 Å². The third-order valence-corrected chi connectivity index (χ3v) is 2.59. The third kappa shape index (κ3) is 1.05. The maximum atomic E-state index is 10.8. The number of fused-ring (bicyclic) bond motifs is 1. The SMILES string of the molecule is C=CC(=O)N[C@H]1[C@@H]2CNC[C@@H]21. The molecule has 1 aliphatic carbocycles. The lowest BCUT2D eigenvalue weighted by Crippen LogP contribution is -2.31. The second kappa shape index (κ2) is 2.34. The standard InChI is InChI=1S/C8H12N2O/c1-2-7(11)10-8-5-3-9-4-6(5)8/h2,5-6,8-9H,1,3-4H2,(H,10,11)/t5-,6+,8+. The smallest absolute Gasteiger partial charge is 0.243 e. The van der Waals surface area contributed by atoms with Crippen LogP contribution in [0.1, 0.15) is 0 Å². The van der Waals surface area contributed by atoms with Crippen molar-refractivity contribution in [2.24, 2.45) is 11.8 Å². The van der Waals surface area contributed by atoms with Crippen LogP contribution in [0, 0.1) is 11.8 Å². The van der Waals surface area contributed by atoms with Gasteiger partial charge in [-0.25, -0.2) is 0 Å². The summed E-state index contributed by atoms with van der Waals surface area (Å²) < 4.78 is 0. The molecule has 0 bridgehead atoms. The Morgan fingerprint density at radius 2 is 2.18 bits per heavy atom. The van der Waals surface area contributed by atoms with Gasteiger partial charge >= 0.3 is 0 Å². The van der Waals surface area contributed by atoms with E-state index in [1.54, 1.807) is 0 Å². The summed E-state index contributed by atoms with van der Waals surface area (Å²) in [5.74, 6) is 1.35. The van der Waals surface area contributed by atoms with Gasteiger partial charge in [0.25, 0.3) is 0 Å². The molecule has 0 radical (unpaired) electrons. The van der Waals surface area contributed by atoms with Crippen LogP contribution in [-0.4, -0.2) is 25.0 Å². The molecule has 1 saturated carbocycles. The predicted octanol–water partition coefficient (Wildman–Crippen LogP) is -0.494. The van der Waals surface area contributed by atoms with Gasteiger partial charge in [-0.05, 0) is 17.9 Å². The first-order valence-electron chi connectivity index (χ1n) is 3.96. The fraction of sp³-hybridized carbons (Fsp3) is 0.625. The van der Waals surface area contributed by atoms with E-state index in [0.717, 1.165) is 13.1 Å². The van der Waals surface area contributed by atoms with Crippen LogP contribution in [-0.2, 0) is 4.79 Å². The molecule has 0 aromatic rings. The van der Waals surface area contributed by atoms with Gasteiger partial charge in [0.15, 0.2) is 0 Å². The zero-order valence-electron chi connectivity index (χ0n) is 6.34. The van der Waals surface area contributed by atoms with Gasteiger partial charge in [0.2, 0.25) is 5.91 Å². The van der Waals surface area contributed by atoms with Crippen molar-refractivity contribution in [3.05, 3.63) is 12.7 Å². The first-order chi connectivity index (χ1) is 5.33. The molecule has 1 aliphatic heterocycles. The summed E-state index contributed by atoms with van der Waals surface area (Å²) in [6.45, 7) is 5.53. The molecule has 1 saturated heterocycles. The van der Waals surface area contributed by atoms with Gasteiger partial charge in [-0.1, -0.05) is 6.58 Å². The minimum atomic E-state index is -0.0376. The first kappa shape index (κ1) is 6.85. The molecule has 3 atom stereocenters. The van der Waals surface area contributed by atoms with Crippen molar-refractivity contribution in [1.29, 1.82) is 0 Å². The molecule has 11 heavy (non-hydrogen) atoms. The summed E-state index contributed by atoms with van der Waals surface area (Å²) in [5, 5.41) is 6.17. The molecular formula is C8H12N2O. The lowest BCUT2D eigenvalue weighted by atomic mass is 10.4. The molecule has 2 aliphatic rings. The lowest BCUT2D eigenvalue weighted by Gasteiger charge is -2.03. The lowest BCUT2D eigenvalue weighted by molar-refractivity contribution is -0.116. The second-order valence-electron chi connectivity index (χ2n) is 3.22. The van der Waals surface area contributed by atoms with E-state index in [9.17, 15) is 4.79 Å². The summed E-state index contributed by atoms with van der Waals surface area (Å²) in [7, 11) is 0. The molecule has 0 unspecified atom stereocenters. The largest absolute Gasteiger partial charge is 0.349 e. The zero-order valence-corrected chi connectivity index (χ0v) is 6.34. The molecule has 3 heteroatoms. The highest BCUT2D eigenvalue weighted by atomic mass is 16.1. The highest BCUT2D eigenvalue weighted by Gasteiger charge is 2.53. The number of nitrogens with one attached hydrogen (secondary N) is 2. The van der Waals surface area contributed by atoms with Crippen molar-refractivity contribution in [3.63, 3.8) is 0 Å². The van der Waals surface area contributed by atoms with Crippen LogP contribution in [0.5, 0.6) is 0 Å². The Bertz CT molecular complexity index is 192. The Morgan fingerprint density at radius 1 is 1.55 bits per heavy atom. The van der Waals surface area contributed by atoms with Gasteiger partial charge in [-0.2, -0.15) is 0 Å². The molecule has 3 nitrogen and oxygen atoms in total. The Hall–Kier alpha value is -0.830. The molecule has 0 aromatic carbocycles. The number of rotatable bonds is 2. The Labute approximate surface area is 65.9 Å². The topological polar surface area (TPSA) is 41.1 Å². The van der Waals surface area contributed by atoms with E-state index < -0.39 is 0 Å². The monoisotopic (exact) mass is 152 g/mol. The van der Waals surface area contributed by atoms with Gasteiger partial charge in [0.05, 0.1) is 0 Å². The van der Waals surface area contributed by atoms with Crippen LogP contribution < -0.4 is 10.6 Å². The van der Waals surface area contributed by atoms with Crippen LogP contribution in [0.2, 0.25) is 0 Å². The summed E-state index contributed by atoms with van der Waals surface area (Å²) in [6, 6.07) is 0.432. The number of hydrogen-bond donors (Lipinski definition) is 2. The van der Waals surface area contributed by atoms with Crippen molar-refractivity contribution >= 4 is 5.91 Å². The fourth-order valence-corrected chi connectivity index (χ4v) is 1.86. The number of amides is 1. The number of carbonyl (C=O) groups is 1. The van der Waals surface area contributed by atoms with E-state index >= 15 is 0 Å². The second-order valence-corrected chi connectivity index (χ2v) is 3.22. The molecule has 2 fully saturated rings. The van der Waals surface area contributed by atoms with Gasteiger partial charge < -0.3 is 10.6 Å². The molecular weight excluding hydrogens is 140 g/mol. The molecule has 2 N–H and O–H groups in total. The molecule has 1 amide bonds. The summed E-state index contributed by atoms with van der Waals surface area (Å²) >= 11 is 0. The zero-order chi connectivity index (χ0) is 7.84. The number of piperidine rings is 1.